The summed E-state index contributed by atoms with van der Waals surface area (Å²) < 4.78 is 6.92. The van der Waals surface area contributed by atoms with Crippen LogP contribution in [0.15, 0.2) is 65.8 Å². The number of amides is 2. The number of hydrogen-bond donors (Lipinski definition) is 0. The Hall–Kier alpha value is -2.69. The monoisotopic (exact) mass is 403 g/mol. The van der Waals surface area contributed by atoms with Crippen molar-refractivity contribution in [2.24, 2.45) is 5.41 Å². The molecule has 1 aromatic rings. The van der Waals surface area contributed by atoms with E-state index in [0.717, 1.165) is 43.4 Å². The standard InChI is InChI=1S/C25H29N3O2/c1-26-23(29)28(15-19-9-3-2-4-10-19)18-25(26)17-24-13-7-5-11-20(24)16-27-14-8-6-12-21(27)22(24)30-25/h2-4,8-10,14,16H,5-7,11-13,15,17-18H2,1H3. The summed E-state index contributed by atoms with van der Waals surface area (Å²) in [5, 5.41) is 0. The molecule has 5 heteroatoms. The molecule has 0 N–H and O–H groups in total. The van der Waals surface area contributed by atoms with E-state index in [9.17, 15) is 4.79 Å². The molecular weight excluding hydrogens is 374 g/mol. The van der Waals surface area contributed by atoms with Gasteiger partial charge in [-0.15, -0.1) is 0 Å². The summed E-state index contributed by atoms with van der Waals surface area (Å²) >= 11 is 0. The average molecular weight is 404 g/mol. The lowest BCUT2D eigenvalue weighted by Crippen LogP contribution is -2.45. The van der Waals surface area contributed by atoms with Gasteiger partial charge in [-0.25, -0.2) is 4.79 Å². The second-order valence-electron chi connectivity index (χ2n) is 9.46. The Kier molecular flexibility index (Phi) is 3.86. The minimum Gasteiger partial charge on any atom is -0.467 e. The number of carbonyl (C=O) groups excluding carboxylic acids is 1. The highest BCUT2D eigenvalue weighted by molar-refractivity contribution is 5.78. The van der Waals surface area contributed by atoms with Crippen LogP contribution in [0.2, 0.25) is 0 Å². The van der Waals surface area contributed by atoms with Crippen LogP contribution < -0.4 is 0 Å². The van der Waals surface area contributed by atoms with E-state index in [1.165, 1.54) is 24.1 Å². The molecule has 4 aliphatic heterocycles. The minimum atomic E-state index is -0.568. The number of hydrogen-bond acceptors (Lipinski definition) is 3. The molecule has 4 heterocycles. The van der Waals surface area contributed by atoms with Gasteiger partial charge in [-0.05, 0) is 43.2 Å². The van der Waals surface area contributed by atoms with Crippen molar-refractivity contribution >= 4 is 6.03 Å². The molecule has 1 saturated carbocycles. The maximum atomic E-state index is 13.2. The third-order valence-corrected chi connectivity index (χ3v) is 7.72. The summed E-state index contributed by atoms with van der Waals surface area (Å²) in [4.78, 5) is 19.4. The molecule has 0 bridgehead atoms. The molecule has 30 heavy (non-hydrogen) atoms. The third-order valence-electron chi connectivity index (χ3n) is 7.72. The van der Waals surface area contributed by atoms with Crippen molar-refractivity contribution in [1.82, 2.24) is 14.7 Å². The molecule has 2 spiro atoms. The van der Waals surface area contributed by atoms with E-state index in [0.29, 0.717) is 13.1 Å². The van der Waals surface area contributed by atoms with Crippen LogP contribution in [-0.2, 0) is 11.3 Å². The van der Waals surface area contributed by atoms with Gasteiger partial charge in [-0.3, -0.25) is 4.90 Å². The second kappa shape index (κ2) is 6.40. The van der Waals surface area contributed by atoms with Crippen molar-refractivity contribution in [3.05, 3.63) is 71.4 Å². The van der Waals surface area contributed by atoms with Crippen molar-refractivity contribution in [2.75, 3.05) is 13.6 Å². The summed E-state index contributed by atoms with van der Waals surface area (Å²) in [7, 11) is 1.93. The predicted molar refractivity (Wildman–Crippen MR) is 115 cm³/mol. The largest absolute Gasteiger partial charge is 0.467 e. The molecule has 5 aliphatic rings. The quantitative estimate of drug-likeness (QED) is 0.701. The lowest BCUT2D eigenvalue weighted by molar-refractivity contribution is -0.0430. The molecule has 3 fully saturated rings. The fraction of sp³-hybridized carbons (Fsp3) is 0.480. The lowest BCUT2D eigenvalue weighted by Gasteiger charge is -2.42. The van der Waals surface area contributed by atoms with Gasteiger partial charge in [-0.1, -0.05) is 42.8 Å². The molecule has 6 rings (SSSR count). The van der Waals surface area contributed by atoms with Crippen molar-refractivity contribution in [1.29, 1.82) is 0 Å². The molecule has 0 aromatic heterocycles. The second-order valence-corrected chi connectivity index (χ2v) is 9.46. The number of ether oxygens (including phenoxy) is 1. The molecule has 2 amide bonds. The summed E-state index contributed by atoms with van der Waals surface area (Å²) in [5.74, 6) is 1.16. The number of fused-ring (bicyclic) bond motifs is 1. The van der Waals surface area contributed by atoms with Gasteiger partial charge in [0.15, 0.2) is 0 Å². The van der Waals surface area contributed by atoms with Gasteiger partial charge in [0, 0.05) is 32.4 Å². The molecule has 156 valence electrons. The molecule has 2 atom stereocenters. The lowest BCUT2D eigenvalue weighted by atomic mass is 9.65. The summed E-state index contributed by atoms with van der Waals surface area (Å²) in [6, 6.07) is 10.3. The Balaban J connectivity index is 1.38. The van der Waals surface area contributed by atoms with E-state index in [2.05, 4.69) is 35.5 Å². The number of likely N-dealkylation sites (N-methyl/N-ethyl adjacent to an activating group) is 1. The Morgan fingerprint density at radius 3 is 2.87 bits per heavy atom. The van der Waals surface area contributed by atoms with E-state index in [4.69, 9.17) is 4.74 Å². The fourth-order valence-electron chi connectivity index (χ4n) is 6.21. The number of rotatable bonds is 2. The van der Waals surface area contributed by atoms with Gasteiger partial charge < -0.3 is 14.5 Å². The number of nitrogens with zero attached hydrogens (tertiary/aromatic N) is 3. The first-order valence-electron chi connectivity index (χ1n) is 11.3. The highest BCUT2D eigenvalue weighted by atomic mass is 16.5. The summed E-state index contributed by atoms with van der Waals surface area (Å²) in [6.45, 7) is 1.25. The van der Waals surface area contributed by atoms with Crippen LogP contribution in [-0.4, -0.2) is 40.0 Å². The number of carbonyl (C=O) groups is 1. The minimum absolute atomic E-state index is 0.0213. The fourth-order valence-corrected chi connectivity index (χ4v) is 6.21. The van der Waals surface area contributed by atoms with Crippen LogP contribution >= 0.6 is 0 Å². The first kappa shape index (κ1) is 18.1. The highest BCUT2D eigenvalue weighted by Gasteiger charge is 2.64. The first-order valence-corrected chi connectivity index (χ1v) is 11.3. The maximum Gasteiger partial charge on any atom is 0.323 e. The van der Waals surface area contributed by atoms with Crippen LogP contribution in [0.25, 0.3) is 0 Å². The van der Waals surface area contributed by atoms with Gasteiger partial charge >= 0.3 is 6.03 Å². The normalized spacial score (nSPS) is 32.2. The SMILES string of the molecule is CN1C(=O)N(Cc2ccccc2)CC12CC13CCCCC1=CN1C=CCCC1=C3O2. The maximum absolute atomic E-state index is 13.2. The van der Waals surface area contributed by atoms with E-state index < -0.39 is 5.72 Å². The van der Waals surface area contributed by atoms with Crippen molar-refractivity contribution in [2.45, 2.75) is 57.2 Å². The van der Waals surface area contributed by atoms with Crippen molar-refractivity contribution in [3.8, 4) is 0 Å². The van der Waals surface area contributed by atoms with Crippen LogP contribution in [0.1, 0.15) is 50.5 Å². The summed E-state index contributed by atoms with van der Waals surface area (Å²) in [5.41, 5.74) is 3.38. The molecule has 0 radical (unpaired) electrons. The first-order chi connectivity index (χ1) is 14.6. The van der Waals surface area contributed by atoms with Crippen LogP contribution in [0.5, 0.6) is 0 Å². The zero-order chi connectivity index (χ0) is 20.3. The van der Waals surface area contributed by atoms with Gasteiger partial charge in [0.05, 0.1) is 17.7 Å². The van der Waals surface area contributed by atoms with E-state index in [-0.39, 0.29) is 11.4 Å². The molecule has 1 aromatic carbocycles. The van der Waals surface area contributed by atoms with Crippen LogP contribution in [0, 0.1) is 5.41 Å². The van der Waals surface area contributed by atoms with Crippen molar-refractivity contribution in [3.63, 3.8) is 0 Å². The Bertz CT molecular complexity index is 981. The van der Waals surface area contributed by atoms with Gasteiger partial charge in [0.25, 0.3) is 0 Å². The zero-order valence-electron chi connectivity index (χ0n) is 17.6. The third kappa shape index (κ3) is 2.44. The molecule has 1 aliphatic carbocycles. The number of urea groups is 1. The van der Waals surface area contributed by atoms with Gasteiger partial charge in [0.2, 0.25) is 5.72 Å². The molecule has 2 saturated heterocycles. The van der Waals surface area contributed by atoms with Gasteiger partial charge in [0.1, 0.15) is 5.76 Å². The molecule has 2 unspecified atom stereocenters. The summed E-state index contributed by atoms with van der Waals surface area (Å²) in [6.07, 6.45) is 14.5. The van der Waals surface area contributed by atoms with Crippen LogP contribution in [0.3, 0.4) is 0 Å². The van der Waals surface area contributed by atoms with Crippen molar-refractivity contribution < 1.29 is 9.53 Å². The van der Waals surface area contributed by atoms with Gasteiger partial charge in [-0.2, -0.15) is 0 Å². The number of allylic oxidation sites excluding steroid dienone is 3. The Morgan fingerprint density at radius 1 is 1.13 bits per heavy atom. The highest BCUT2D eigenvalue weighted by Crippen LogP contribution is 2.62. The smallest absolute Gasteiger partial charge is 0.323 e. The molecule has 5 nitrogen and oxygen atoms in total. The average Bonchev–Trinajstić information content (AvgIpc) is 3.22. The number of benzene rings is 1. The zero-order valence-corrected chi connectivity index (χ0v) is 17.6. The van der Waals surface area contributed by atoms with Crippen LogP contribution in [0.4, 0.5) is 4.79 Å². The van der Waals surface area contributed by atoms with E-state index in [1.807, 2.05) is 35.0 Å². The van der Waals surface area contributed by atoms with E-state index in [1.54, 1.807) is 0 Å². The topological polar surface area (TPSA) is 36.0 Å². The molecular formula is C25H29N3O2. The predicted octanol–water partition coefficient (Wildman–Crippen LogP) is 4.95. The Morgan fingerprint density at radius 2 is 2.00 bits per heavy atom. The Labute approximate surface area is 178 Å². The van der Waals surface area contributed by atoms with E-state index >= 15 is 0 Å².